The van der Waals surface area contributed by atoms with Gasteiger partial charge in [-0.25, -0.2) is 14.5 Å². The first-order valence-corrected chi connectivity index (χ1v) is 11.2. The lowest BCUT2D eigenvalue weighted by atomic mass is 10.1. The van der Waals surface area contributed by atoms with Crippen molar-refractivity contribution in [3.8, 4) is 5.75 Å². The fourth-order valence-electron chi connectivity index (χ4n) is 3.39. The Hall–Kier alpha value is -4.24. The Bertz CT molecular complexity index is 1350. The smallest absolute Gasteiger partial charge is 0.337 e. The lowest BCUT2D eigenvalue weighted by Crippen LogP contribution is -2.54. The molecule has 176 valence electrons. The Morgan fingerprint density at radius 1 is 1.00 bits per heavy atom. The summed E-state index contributed by atoms with van der Waals surface area (Å²) < 4.78 is 11.2. The molecule has 0 saturated carbocycles. The van der Waals surface area contributed by atoms with Gasteiger partial charge in [-0.05, 0) is 59.7 Å². The first-order chi connectivity index (χ1) is 16.9. The molecule has 1 aliphatic heterocycles. The molecule has 0 bridgehead atoms. The zero-order valence-electron chi connectivity index (χ0n) is 18.5. The quantitative estimate of drug-likeness (QED) is 0.284. The van der Waals surface area contributed by atoms with Crippen molar-refractivity contribution in [2.75, 3.05) is 12.0 Å². The third-order valence-corrected chi connectivity index (χ3v) is 5.61. The molecule has 9 heteroatoms. The number of rotatable bonds is 6. The molecule has 3 aromatic carbocycles. The molecule has 1 N–H and O–H groups in total. The van der Waals surface area contributed by atoms with Gasteiger partial charge < -0.3 is 9.47 Å². The van der Waals surface area contributed by atoms with Crippen LogP contribution in [0.15, 0.2) is 82.8 Å². The van der Waals surface area contributed by atoms with Crippen LogP contribution in [0.1, 0.15) is 21.5 Å². The summed E-state index contributed by atoms with van der Waals surface area (Å²) in [6, 6.07) is 19.5. The molecule has 8 nitrogen and oxygen atoms in total. The Labute approximate surface area is 209 Å². The van der Waals surface area contributed by atoms with E-state index in [1.807, 2.05) is 0 Å². The Morgan fingerprint density at radius 3 is 2.46 bits per heavy atom. The SMILES string of the molecule is COC(=O)c1ccc(COc2cccc(C=C3C(=O)NC(=O)N(c4cccc(Br)c4)C3=O)c2)cc1. The summed E-state index contributed by atoms with van der Waals surface area (Å²) in [6.45, 7) is 0.242. The number of ether oxygens (including phenoxy) is 2. The number of imide groups is 2. The molecule has 4 amide bonds. The Balaban J connectivity index is 1.52. The normalized spacial score (nSPS) is 14.6. The molecular formula is C26H19BrN2O6. The molecular weight excluding hydrogens is 516 g/mol. The number of benzene rings is 3. The molecule has 0 radical (unpaired) electrons. The molecule has 3 aromatic rings. The van der Waals surface area contributed by atoms with Gasteiger partial charge in [-0.3, -0.25) is 14.9 Å². The molecule has 35 heavy (non-hydrogen) atoms. The Morgan fingerprint density at radius 2 is 1.74 bits per heavy atom. The molecule has 1 heterocycles. The summed E-state index contributed by atoms with van der Waals surface area (Å²) in [7, 11) is 1.32. The predicted molar refractivity (Wildman–Crippen MR) is 132 cm³/mol. The number of amides is 4. The van der Waals surface area contributed by atoms with Gasteiger partial charge in [0.2, 0.25) is 0 Å². The molecule has 1 fully saturated rings. The molecule has 0 unspecified atom stereocenters. The van der Waals surface area contributed by atoms with E-state index in [1.54, 1.807) is 72.8 Å². The van der Waals surface area contributed by atoms with Crippen LogP contribution in [-0.4, -0.2) is 30.9 Å². The fourth-order valence-corrected chi connectivity index (χ4v) is 3.78. The minimum Gasteiger partial charge on any atom is -0.489 e. The van der Waals surface area contributed by atoms with E-state index in [0.717, 1.165) is 10.5 Å². The molecule has 0 aromatic heterocycles. The van der Waals surface area contributed by atoms with Gasteiger partial charge in [-0.1, -0.05) is 46.3 Å². The highest BCUT2D eigenvalue weighted by molar-refractivity contribution is 9.10. The highest BCUT2D eigenvalue weighted by Gasteiger charge is 2.36. The van der Waals surface area contributed by atoms with Crippen LogP contribution in [-0.2, 0) is 20.9 Å². The second kappa shape index (κ2) is 10.4. The third-order valence-electron chi connectivity index (χ3n) is 5.12. The van der Waals surface area contributed by atoms with E-state index in [4.69, 9.17) is 4.74 Å². The van der Waals surface area contributed by atoms with Gasteiger partial charge in [-0.15, -0.1) is 0 Å². The topological polar surface area (TPSA) is 102 Å². The van der Waals surface area contributed by atoms with E-state index in [-0.39, 0.29) is 12.2 Å². The van der Waals surface area contributed by atoms with Crippen molar-refractivity contribution in [3.05, 3.63) is 99.5 Å². The van der Waals surface area contributed by atoms with E-state index < -0.39 is 23.8 Å². The average molecular weight is 535 g/mol. The predicted octanol–water partition coefficient (Wildman–Crippen LogP) is 4.48. The van der Waals surface area contributed by atoms with Crippen LogP contribution in [0.4, 0.5) is 10.5 Å². The maximum atomic E-state index is 13.1. The van der Waals surface area contributed by atoms with Gasteiger partial charge in [0, 0.05) is 4.47 Å². The zero-order chi connectivity index (χ0) is 24.9. The summed E-state index contributed by atoms with van der Waals surface area (Å²) in [6.07, 6.45) is 1.41. The highest BCUT2D eigenvalue weighted by Crippen LogP contribution is 2.25. The number of hydrogen-bond donors (Lipinski definition) is 1. The first-order valence-electron chi connectivity index (χ1n) is 10.4. The third kappa shape index (κ3) is 5.47. The summed E-state index contributed by atoms with van der Waals surface area (Å²) in [4.78, 5) is 50.3. The summed E-state index contributed by atoms with van der Waals surface area (Å²) >= 11 is 3.32. The maximum Gasteiger partial charge on any atom is 0.337 e. The van der Waals surface area contributed by atoms with Gasteiger partial charge >= 0.3 is 12.0 Å². The number of nitrogens with one attached hydrogen (secondary N) is 1. The minimum atomic E-state index is -0.814. The number of carbonyl (C=O) groups excluding carboxylic acids is 4. The van der Waals surface area contributed by atoms with Crippen LogP contribution in [0.2, 0.25) is 0 Å². The lowest BCUT2D eigenvalue weighted by Gasteiger charge is -2.26. The minimum absolute atomic E-state index is 0.180. The van der Waals surface area contributed by atoms with Crippen molar-refractivity contribution in [1.29, 1.82) is 0 Å². The van der Waals surface area contributed by atoms with Gasteiger partial charge in [0.05, 0.1) is 18.4 Å². The van der Waals surface area contributed by atoms with E-state index in [1.165, 1.54) is 13.2 Å². The molecule has 0 spiro atoms. The lowest BCUT2D eigenvalue weighted by molar-refractivity contribution is -0.122. The molecule has 1 saturated heterocycles. The number of nitrogens with zero attached hydrogens (tertiary/aromatic N) is 1. The van der Waals surface area contributed by atoms with Gasteiger partial charge in [0.25, 0.3) is 11.8 Å². The van der Waals surface area contributed by atoms with E-state index >= 15 is 0 Å². The first kappa shape index (κ1) is 23.9. The van der Waals surface area contributed by atoms with E-state index in [9.17, 15) is 19.2 Å². The van der Waals surface area contributed by atoms with Crippen molar-refractivity contribution in [2.45, 2.75) is 6.61 Å². The van der Waals surface area contributed by atoms with Crippen molar-refractivity contribution in [3.63, 3.8) is 0 Å². The van der Waals surface area contributed by atoms with Gasteiger partial charge in [0.1, 0.15) is 17.9 Å². The van der Waals surface area contributed by atoms with Crippen LogP contribution < -0.4 is 15.0 Å². The zero-order valence-corrected chi connectivity index (χ0v) is 20.1. The number of carbonyl (C=O) groups is 4. The number of hydrogen-bond acceptors (Lipinski definition) is 6. The molecule has 4 rings (SSSR count). The fraction of sp³-hybridized carbons (Fsp3) is 0.0769. The van der Waals surface area contributed by atoms with Crippen LogP contribution in [0.25, 0.3) is 6.08 Å². The average Bonchev–Trinajstić information content (AvgIpc) is 2.85. The van der Waals surface area contributed by atoms with Crippen molar-refractivity contribution in [2.24, 2.45) is 0 Å². The second-order valence-electron chi connectivity index (χ2n) is 7.49. The standard InChI is InChI=1S/C26H19BrN2O6/c1-34-25(32)18-10-8-16(9-11-18)15-35-21-7-2-4-17(12-21)13-22-23(30)28-26(33)29(24(22)31)20-6-3-5-19(27)14-20/h2-14H,15H2,1H3,(H,28,30,33). The van der Waals surface area contributed by atoms with Crippen LogP contribution in [0.3, 0.4) is 0 Å². The number of urea groups is 1. The second-order valence-corrected chi connectivity index (χ2v) is 8.40. The van der Waals surface area contributed by atoms with E-state index in [2.05, 4.69) is 26.0 Å². The van der Waals surface area contributed by atoms with Crippen molar-refractivity contribution in [1.82, 2.24) is 5.32 Å². The summed E-state index contributed by atoms with van der Waals surface area (Å²) in [5.41, 5.74) is 1.98. The summed E-state index contributed by atoms with van der Waals surface area (Å²) in [5.74, 6) is -1.41. The van der Waals surface area contributed by atoms with Crippen molar-refractivity contribution < 1.29 is 28.7 Å². The number of halogens is 1. The number of esters is 1. The highest BCUT2D eigenvalue weighted by atomic mass is 79.9. The van der Waals surface area contributed by atoms with Crippen LogP contribution in [0, 0.1) is 0 Å². The van der Waals surface area contributed by atoms with E-state index in [0.29, 0.717) is 27.0 Å². The number of methoxy groups -OCH3 is 1. The summed E-state index contributed by atoms with van der Waals surface area (Å²) in [5, 5.41) is 2.21. The number of anilines is 1. The monoisotopic (exact) mass is 534 g/mol. The molecule has 0 aliphatic carbocycles. The molecule has 0 atom stereocenters. The maximum absolute atomic E-state index is 13.1. The van der Waals surface area contributed by atoms with Crippen molar-refractivity contribution >= 4 is 51.5 Å². The largest absolute Gasteiger partial charge is 0.489 e. The Kier molecular flexibility index (Phi) is 7.07. The van der Waals surface area contributed by atoms with Gasteiger partial charge in [-0.2, -0.15) is 0 Å². The number of barbiturate groups is 1. The van der Waals surface area contributed by atoms with Crippen LogP contribution in [0.5, 0.6) is 5.75 Å². The van der Waals surface area contributed by atoms with Gasteiger partial charge in [0.15, 0.2) is 0 Å². The van der Waals surface area contributed by atoms with Crippen LogP contribution >= 0.6 is 15.9 Å². The molecule has 1 aliphatic rings.